The molecule has 1 aliphatic heterocycles. The maximum absolute atomic E-state index is 8.98. The van der Waals surface area contributed by atoms with Gasteiger partial charge in [-0.15, -0.1) is 0 Å². The van der Waals surface area contributed by atoms with Crippen molar-refractivity contribution in [3.8, 4) is 6.07 Å². The average Bonchev–Trinajstić information content (AvgIpc) is 2.39. The molecule has 0 aliphatic carbocycles. The van der Waals surface area contributed by atoms with E-state index in [0.717, 1.165) is 30.7 Å². The van der Waals surface area contributed by atoms with Crippen molar-refractivity contribution in [2.24, 2.45) is 11.8 Å². The van der Waals surface area contributed by atoms with Crippen LogP contribution in [0.2, 0.25) is 5.02 Å². The van der Waals surface area contributed by atoms with Gasteiger partial charge < -0.3 is 4.90 Å². The van der Waals surface area contributed by atoms with E-state index < -0.39 is 0 Å². The lowest BCUT2D eigenvalue weighted by atomic mass is 9.87. The van der Waals surface area contributed by atoms with Gasteiger partial charge in [0, 0.05) is 19.3 Å². The molecule has 3 nitrogen and oxygen atoms in total. The standard InChI is InChI=1S/C14H18ClN3/c1-10(2)11-4-7-18(8-5-11)14-13(15)12(9-16)3-6-17-14/h3,6,10-11H,4-5,7-8H2,1-2H3. The molecule has 18 heavy (non-hydrogen) atoms. The van der Waals surface area contributed by atoms with Crippen LogP contribution in [0.15, 0.2) is 12.3 Å². The van der Waals surface area contributed by atoms with Gasteiger partial charge in [-0.1, -0.05) is 25.4 Å². The van der Waals surface area contributed by atoms with Crippen LogP contribution in [0.5, 0.6) is 0 Å². The van der Waals surface area contributed by atoms with Gasteiger partial charge in [-0.2, -0.15) is 5.26 Å². The molecule has 0 saturated carbocycles. The lowest BCUT2D eigenvalue weighted by molar-refractivity contribution is 0.310. The van der Waals surface area contributed by atoms with Crippen molar-refractivity contribution >= 4 is 17.4 Å². The Kier molecular flexibility index (Phi) is 4.08. The maximum atomic E-state index is 8.98. The lowest BCUT2D eigenvalue weighted by Gasteiger charge is -2.35. The Morgan fingerprint density at radius 1 is 1.44 bits per heavy atom. The molecule has 0 aromatic carbocycles. The fourth-order valence-corrected chi connectivity index (χ4v) is 2.79. The molecule has 4 heteroatoms. The summed E-state index contributed by atoms with van der Waals surface area (Å²) in [6, 6.07) is 3.76. The van der Waals surface area contributed by atoms with Crippen molar-refractivity contribution in [3.63, 3.8) is 0 Å². The molecule has 0 spiro atoms. The van der Waals surface area contributed by atoms with Gasteiger partial charge in [0.1, 0.15) is 16.9 Å². The van der Waals surface area contributed by atoms with Crippen molar-refractivity contribution < 1.29 is 0 Å². The summed E-state index contributed by atoms with van der Waals surface area (Å²) in [5.41, 5.74) is 0.507. The zero-order valence-corrected chi connectivity index (χ0v) is 11.6. The summed E-state index contributed by atoms with van der Waals surface area (Å²) >= 11 is 6.21. The predicted molar refractivity (Wildman–Crippen MR) is 73.7 cm³/mol. The number of rotatable bonds is 2. The highest BCUT2D eigenvalue weighted by Crippen LogP contribution is 2.31. The number of nitrogens with zero attached hydrogens (tertiary/aromatic N) is 3. The van der Waals surface area contributed by atoms with Crippen LogP contribution in [-0.2, 0) is 0 Å². The first-order valence-corrected chi connectivity index (χ1v) is 6.80. The number of anilines is 1. The molecule has 0 N–H and O–H groups in total. The molecule has 0 unspecified atom stereocenters. The number of hydrogen-bond acceptors (Lipinski definition) is 3. The van der Waals surface area contributed by atoms with Crippen LogP contribution in [0.4, 0.5) is 5.82 Å². The van der Waals surface area contributed by atoms with Gasteiger partial charge >= 0.3 is 0 Å². The van der Waals surface area contributed by atoms with Crippen LogP contribution in [0.25, 0.3) is 0 Å². The van der Waals surface area contributed by atoms with E-state index in [4.69, 9.17) is 16.9 Å². The zero-order valence-electron chi connectivity index (χ0n) is 10.9. The molecule has 1 aliphatic rings. The van der Waals surface area contributed by atoms with Gasteiger partial charge in [-0.3, -0.25) is 0 Å². The van der Waals surface area contributed by atoms with E-state index in [-0.39, 0.29) is 0 Å². The SMILES string of the molecule is CC(C)C1CCN(c2nccc(C#N)c2Cl)CC1. The van der Waals surface area contributed by atoms with E-state index in [1.54, 1.807) is 12.3 Å². The Morgan fingerprint density at radius 3 is 2.67 bits per heavy atom. The molecular weight excluding hydrogens is 246 g/mol. The molecule has 0 amide bonds. The first kappa shape index (κ1) is 13.2. The van der Waals surface area contributed by atoms with Crippen LogP contribution in [-0.4, -0.2) is 18.1 Å². The summed E-state index contributed by atoms with van der Waals surface area (Å²) in [6.45, 7) is 6.51. The van der Waals surface area contributed by atoms with Gasteiger partial charge in [-0.25, -0.2) is 4.98 Å². The Labute approximate surface area is 113 Å². The van der Waals surface area contributed by atoms with E-state index in [2.05, 4.69) is 29.8 Å². The third-order valence-corrected chi connectivity index (χ3v) is 4.15. The summed E-state index contributed by atoms with van der Waals surface area (Å²) in [5.74, 6) is 2.29. The van der Waals surface area contributed by atoms with Crippen molar-refractivity contribution in [2.75, 3.05) is 18.0 Å². The van der Waals surface area contributed by atoms with Gasteiger partial charge in [-0.05, 0) is 30.7 Å². The minimum Gasteiger partial charge on any atom is -0.355 e. The second-order valence-corrected chi connectivity index (χ2v) is 5.55. The highest BCUT2D eigenvalue weighted by Gasteiger charge is 2.24. The Hall–Kier alpha value is -1.27. The fraction of sp³-hybridized carbons (Fsp3) is 0.571. The van der Waals surface area contributed by atoms with E-state index in [1.165, 1.54) is 12.8 Å². The van der Waals surface area contributed by atoms with Crippen molar-refractivity contribution in [1.29, 1.82) is 5.26 Å². The second-order valence-electron chi connectivity index (χ2n) is 5.18. The lowest BCUT2D eigenvalue weighted by Crippen LogP contribution is -2.36. The fourth-order valence-electron chi connectivity index (χ4n) is 2.52. The van der Waals surface area contributed by atoms with Crippen LogP contribution in [0.3, 0.4) is 0 Å². The van der Waals surface area contributed by atoms with E-state index in [0.29, 0.717) is 10.6 Å². The molecule has 0 bridgehead atoms. The molecule has 2 rings (SSSR count). The summed E-state index contributed by atoms with van der Waals surface area (Å²) in [5, 5.41) is 9.46. The minimum absolute atomic E-state index is 0.489. The average molecular weight is 264 g/mol. The molecule has 1 saturated heterocycles. The van der Waals surface area contributed by atoms with Crippen molar-refractivity contribution in [1.82, 2.24) is 4.98 Å². The second kappa shape index (κ2) is 5.58. The molecule has 96 valence electrons. The normalized spacial score (nSPS) is 16.9. The first-order chi connectivity index (χ1) is 8.63. The molecule has 2 heterocycles. The molecule has 1 aromatic heterocycles. The van der Waals surface area contributed by atoms with Crippen LogP contribution < -0.4 is 4.90 Å². The van der Waals surface area contributed by atoms with Crippen LogP contribution in [0.1, 0.15) is 32.3 Å². The zero-order chi connectivity index (χ0) is 13.1. The minimum atomic E-state index is 0.489. The third-order valence-electron chi connectivity index (χ3n) is 3.77. The molecular formula is C14H18ClN3. The largest absolute Gasteiger partial charge is 0.355 e. The monoisotopic (exact) mass is 263 g/mol. The van der Waals surface area contributed by atoms with E-state index >= 15 is 0 Å². The van der Waals surface area contributed by atoms with Gasteiger partial charge in [0.25, 0.3) is 0 Å². The van der Waals surface area contributed by atoms with E-state index in [1.807, 2.05) is 0 Å². The number of nitriles is 1. The highest BCUT2D eigenvalue weighted by molar-refractivity contribution is 6.34. The Morgan fingerprint density at radius 2 is 2.11 bits per heavy atom. The Bertz CT molecular complexity index is 457. The van der Waals surface area contributed by atoms with Gasteiger partial charge in [0.05, 0.1) is 5.56 Å². The van der Waals surface area contributed by atoms with Crippen LogP contribution in [0, 0.1) is 23.2 Å². The highest BCUT2D eigenvalue weighted by atomic mass is 35.5. The van der Waals surface area contributed by atoms with Crippen molar-refractivity contribution in [2.45, 2.75) is 26.7 Å². The summed E-state index contributed by atoms with van der Waals surface area (Å²) in [4.78, 5) is 6.52. The predicted octanol–water partition coefficient (Wildman–Crippen LogP) is 3.48. The summed E-state index contributed by atoms with van der Waals surface area (Å²) < 4.78 is 0. The topological polar surface area (TPSA) is 39.9 Å². The number of pyridine rings is 1. The quantitative estimate of drug-likeness (QED) is 0.820. The maximum Gasteiger partial charge on any atom is 0.148 e. The molecule has 0 radical (unpaired) electrons. The van der Waals surface area contributed by atoms with Gasteiger partial charge in [0.15, 0.2) is 0 Å². The molecule has 1 fully saturated rings. The molecule has 1 aromatic rings. The van der Waals surface area contributed by atoms with Crippen LogP contribution >= 0.6 is 11.6 Å². The van der Waals surface area contributed by atoms with Gasteiger partial charge in [0.2, 0.25) is 0 Å². The third kappa shape index (κ3) is 2.59. The summed E-state index contributed by atoms with van der Waals surface area (Å²) in [7, 11) is 0. The number of halogens is 1. The molecule has 0 atom stereocenters. The number of aromatic nitrogens is 1. The number of hydrogen-bond donors (Lipinski definition) is 0. The smallest absolute Gasteiger partial charge is 0.148 e. The number of piperidine rings is 1. The van der Waals surface area contributed by atoms with E-state index in [9.17, 15) is 0 Å². The van der Waals surface area contributed by atoms with Crippen molar-refractivity contribution in [3.05, 3.63) is 22.8 Å². The first-order valence-electron chi connectivity index (χ1n) is 6.43. The summed E-state index contributed by atoms with van der Waals surface area (Å²) in [6.07, 6.45) is 4.01. The Balaban J connectivity index is 2.13.